The van der Waals surface area contributed by atoms with Crippen LogP contribution in [0.25, 0.3) is 0 Å². The number of rotatable bonds is 4. The van der Waals surface area contributed by atoms with Gasteiger partial charge in [0.15, 0.2) is 0 Å². The summed E-state index contributed by atoms with van der Waals surface area (Å²) in [5, 5.41) is 4.66. The average molecular weight is 234 g/mol. The van der Waals surface area contributed by atoms with Crippen molar-refractivity contribution in [1.29, 1.82) is 0 Å². The predicted molar refractivity (Wildman–Crippen MR) is 53.5 cm³/mol. The molecule has 80 valence electrons. The van der Waals surface area contributed by atoms with Crippen LogP contribution in [0.4, 0.5) is 0 Å². The van der Waals surface area contributed by atoms with Crippen LogP contribution in [-0.2, 0) is 19.2 Å². The van der Waals surface area contributed by atoms with E-state index in [1.165, 1.54) is 0 Å². The summed E-state index contributed by atoms with van der Waals surface area (Å²) in [5.41, 5.74) is 0. The van der Waals surface area contributed by atoms with Gasteiger partial charge in [0.25, 0.3) is 0 Å². The van der Waals surface area contributed by atoms with Crippen LogP contribution in [-0.4, -0.2) is 82.3 Å². The second kappa shape index (κ2) is 7.13. The summed E-state index contributed by atoms with van der Waals surface area (Å²) in [6.45, 7) is 3.69. The van der Waals surface area contributed by atoms with Gasteiger partial charge >= 0.3 is 39.9 Å². The van der Waals surface area contributed by atoms with Gasteiger partial charge in [-0.2, -0.15) is 8.42 Å². The second-order valence-electron chi connectivity index (χ2n) is 2.77. The van der Waals surface area contributed by atoms with Crippen LogP contribution in [0.3, 0.4) is 0 Å². The molecule has 0 aromatic rings. The molecule has 0 aromatic heterocycles. The fourth-order valence-electron chi connectivity index (χ4n) is 1.11. The first-order valence-corrected chi connectivity index (χ1v) is 5.52. The van der Waals surface area contributed by atoms with Crippen LogP contribution < -0.4 is 5.14 Å². The van der Waals surface area contributed by atoms with Crippen molar-refractivity contribution in [3.05, 3.63) is 0 Å². The normalized spacial score (nSPS) is 18.9. The Bertz CT molecular complexity index is 240. The van der Waals surface area contributed by atoms with Crippen LogP contribution in [0.5, 0.6) is 0 Å². The van der Waals surface area contributed by atoms with Crippen LogP contribution in [0.1, 0.15) is 0 Å². The summed E-state index contributed by atoms with van der Waals surface area (Å²) in [6.07, 6.45) is 0. The SMILES string of the molecule is NS(=O)(=O)OCCN1CCOCC1.[NaH]. The zero-order valence-electron chi connectivity index (χ0n) is 7.31. The fourth-order valence-corrected chi connectivity index (χ4v) is 1.41. The van der Waals surface area contributed by atoms with Gasteiger partial charge in [0.1, 0.15) is 0 Å². The van der Waals surface area contributed by atoms with Crippen LogP contribution in [0, 0.1) is 0 Å². The minimum atomic E-state index is -3.78. The summed E-state index contributed by atoms with van der Waals surface area (Å²) in [4.78, 5) is 2.06. The molecule has 0 radical (unpaired) electrons. The molecular weight excluding hydrogens is 219 g/mol. The fraction of sp³-hybridized carbons (Fsp3) is 1.00. The Kier molecular flexibility index (Phi) is 7.53. The third kappa shape index (κ3) is 7.13. The quantitative estimate of drug-likeness (QED) is 0.563. The minimum absolute atomic E-state index is 0. The molecule has 1 aliphatic heterocycles. The molecule has 1 fully saturated rings. The Morgan fingerprint density at radius 2 is 1.93 bits per heavy atom. The molecule has 0 aliphatic carbocycles. The number of hydrogen-bond donors (Lipinski definition) is 1. The summed E-state index contributed by atoms with van der Waals surface area (Å²) in [6, 6.07) is 0. The van der Waals surface area contributed by atoms with E-state index in [2.05, 4.69) is 14.2 Å². The summed E-state index contributed by atoms with van der Waals surface area (Å²) >= 11 is 0. The van der Waals surface area contributed by atoms with Crippen LogP contribution in [0.15, 0.2) is 0 Å². The van der Waals surface area contributed by atoms with E-state index in [4.69, 9.17) is 4.74 Å². The zero-order valence-corrected chi connectivity index (χ0v) is 8.12. The Morgan fingerprint density at radius 1 is 1.36 bits per heavy atom. The topological polar surface area (TPSA) is 81.9 Å². The maximum atomic E-state index is 10.4. The van der Waals surface area contributed by atoms with Gasteiger partial charge in [0.05, 0.1) is 19.8 Å². The number of ether oxygens (including phenoxy) is 1. The molecule has 0 aromatic carbocycles. The van der Waals surface area contributed by atoms with Gasteiger partial charge in [-0.25, -0.2) is 5.14 Å². The van der Waals surface area contributed by atoms with E-state index in [-0.39, 0.29) is 36.2 Å². The van der Waals surface area contributed by atoms with Crippen molar-refractivity contribution in [2.24, 2.45) is 5.14 Å². The van der Waals surface area contributed by atoms with Gasteiger partial charge < -0.3 is 4.74 Å². The molecule has 0 saturated carbocycles. The van der Waals surface area contributed by atoms with E-state index < -0.39 is 10.3 Å². The van der Waals surface area contributed by atoms with E-state index in [9.17, 15) is 8.42 Å². The molecule has 1 rings (SSSR count). The van der Waals surface area contributed by atoms with E-state index >= 15 is 0 Å². The van der Waals surface area contributed by atoms with E-state index in [1.807, 2.05) is 0 Å². The molecule has 8 heteroatoms. The molecular formula is C6H15N2NaO4S. The zero-order chi connectivity index (χ0) is 9.73. The van der Waals surface area contributed by atoms with Gasteiger partial charge in [-0.3, -0.25) is 9.08 Å². The Hall–Kier alpha value is 0.790. The molecule has 0 amide bonds. The monoisotopic (exact) mass is 234 g/mol. The molecule has 6 nitrogen and oxygen atoms in total. The van der Waals surface area contributed by atoms with Crippen LogP contribution in [0.2, 0.25) is 0 Å². The van der Waals surface area contributed by atoms with E-state index in [0.29, 0.717) is 19.8 Å². The Labute approximate surface area is 106 Å². The average Bonchev–Trinajstić information content (AvgIpc) is 2.04. The van der Waals surface area contributed by atoms with Gasteiger partial charge in [0.2, 0.25) is 0 Å². The number of morpholine rings is 1. The third-order valence-electron chi connectivity index (χ3n) is 1.76. The molecule has 1 aliphatic rings. The second-order valence-corrected chi connectivity index (χ2v) is 3.99. The van der Waals surface area contributed by atoms with Crippen molar-refractivity contribution >= 4 is 39.9 Å². The molecule has 14 heavy (non-hydrogen) atoms. The first-order valence-electron chi connectivity index (χ1n) is 4.05. The van der Waals surface area contributed by atoms with Crippen molar-refractivity contribution < 1.29 is 17.3 Å². The molecule has 1 heterocycles. The standard InChI is InChI=1S/C6H14N2O4S.Na.H/c7-13(9,10)12-6-3-8-1-4-11-5-2-8;;/h1-6H2,(H2,7,9,10);;. The van der Waals surface area contributed by atoms with Gasteiger partial charge in [-0.05, 0) is 0 Å². The molecule has 0 bridgehead atoms. The molecule has 0 atom stereocenters. The Balaban J connectivity index is 0.00000169. The molecule has 0 unspecified atom stereocenters. The summed E-state index contributed by atoms with van der Waals surface area (Å²) in [5.74, 6) is 0. The first kappa shape index (κ1) is 14.8. The molecule has 2 N–H and O–H groups in total. The number of hydrogen-bond acceptors (Lipinski definition) is 5. The Morgan fingerprint density at radius 3 is 2.43 bits per heavy atom. The summed E-state index contributed by atoms with van der Waals surface area (Å²) in [7, 11) is -3.78. The van der Waals surface area contributed by atoms with Crippen molar-refractivity contribution in [3.8, 4) is 0 Å². The molecule has 0 spiro atoms. The van der Waals surface area contributed by atoms with Gasteiger partial charge in [-0.1, -0.05) is 0 Å². The number of nitrogens with two attached hydrogens (primary N) is 1. The first-order chi connectivity index (χ1) is 6.08. The van der Waals surface area contributed by atoms with Crippen molar-refractivity contribution in [1.82, 2.24) is 4.90 Å². The van der Waals surface area contributed by atoms with E-state index in [1.54, 1.807) is 0 Å². The third-order valence-corrected chi connectivity index (χ3v) is 2.25. The summed E-state index contributed by atoms with van der Waals surface area (Å²) < 4.78 is 30.3. The van der Waals surface area contributed by atoms with Gasteiger partial charge in [0, 0.05) is 19.6 Å². The van der Waals surface area contributed by atoms with E-state index in [0.717, 1.165) is 13.1 Å². The number of nitrogens with zero attached hydrogens (tertiary/aromatic N) is 1. The van der Waals surface area contributed by atoms with Gasteiger partial charge in [-0.15, -0.1) is 0 Å². The maximum absolute atomic E-state index is 10.4. The van der Waals surface area contributed by atoms with Crippen LogP contribution >= 0.6 is 0 Å². The predicted octanol–water partition coefficient (Wildman–Crippen LogP) is -2.11. The van der Waals surface area contributed by atoms with Crippen molar-refractivity contribution in [2.75, 3.05) is 39.5 Å². The van der Waals surface area contributed by atoms with Crippen molar-refractivity contribution in [2.45, 2.75) is 0 Å². The molecule has 1 saturated heterocycles. The van der Waals surface area contributed by atoms with Crippen molar-refractivity contribution in [3.63, 3.8) is 0 Å².